The van der Waals surface area contributed by atoms with Gasteiger partial charge in [-0.3, -0.25) is 9.36 Å². The lowest BCUT2D eigenvalue weighted by Gasteiger charge is -2.19. The van der Waals surface area contributed by atoms with Gasteiger partial charge in [0, 0.05) is 48.4 Å². The highest BCUT2D eigenvalue weighted by atomic mass is 15.3. The minimum absolute atomic E-state index is 0.0552. The number of aryl methyl sites for hydroxylation is 3. The number of rotatable bonds is 0. The maximum absolute atomic E-state index is 4.32. The average molecular weight is 569 g/mol. The second kappa shape index (κ2) is 11.2. The summed E-state index contributed by atoms with van der Waals surface area (Å²) in [6, 6.07) is 6.20. The summed E-state index contributed by atoms with van der Waals surface area (Å²) in [7, 11) is 3.84. The number of aromatic nitrogens is 10. The lowest BCUT2D eigenvalue weighted by atomic mass is 9.86. The largest absolute Gasteiger partial charge is 0.252 e. The third-order valence-electron chi connectivity index (χ3n) is 7.04. The van der Waals surface area contributed by atoms with Crippen molar-refractivity contribution in [2.24, 2.45) is 14.1 Å². The van der Waals surface area contributed by atoms with E-state index in [1.165, 1.54) is 17.5 Å². The predicted octanol–water partition coefficient (Wildman–Crippen LogP) is 6.26. The number of fused-ring (bicyclic) bond motifs is 3. The third-order valence-corrected chi connectivity index (χ3v) is 7.04. The molecular weight excluding hydrogens is 524 g/mol. The molecule has 6 rings (SSSR count). The van der Waals surface area contributed by atoms with Crippen molar-refractivity contribution in [3.05, 3.63) is 71.8 Å². The van der Waals surface area contributed by atoms with Crippen LogP contribution in [0.5, 0.6) is 0 Å². The van der Waals surface area contributed by atoms with Crippen molar-refractivity contribution in [3.8, 4) is 0 Å². The highest BCUT2D eigenvalue weighted by Gasteiger charge is 2.20. The molecule has 0 N–H and O–H groups in total. The van der Waals surface area contributed by atoms with Crippen molar-refractivity contribution in [2.45, 2.75) is 85.5 Å². The second-order valence-electron chi connectivity index (χ2n) is 13.7. The number of pyridine rings is 2. The van der Waals surface area contributed by atoms with Gasteiger partial charge in [0.05, 0.1) is 18.1 Å². The molecule has 0 unspecified atom stereocenters. The van der Waals surface area contributed by atoms with Crippen LogP contribution in [0.1, 0.15) is 84.8 Å². The van der Waals surface area contributed by atoms with E-state index in [-0.39, 0.29) is 16.2 Å². The van der Waals surface area contributed by atoms with Crippen LogP contribution in [0.4, 0.5) is 0 Å². The molecule has 0 amide bonds. The smallest absolute Gasteiger partial charge is 0.250 e. The Balaban J connectivity index is 0.000000145. The van der Waals surface area contributed by atoms with Gasteiger partial charge >= 0.3 is 0 Å². The molecule has 10 heteroatoms. The number of hydrogen-bond donors (Lipinski definition) is 0. The molecule has 0 aliphatic heterocycles. The van der Waals surface area contributed by atoms with Crippen molar-refractivity contribution in [2.75, 3.05) is 0 Å². The molecule has 0 saturated carbocycles. The van der Waals surface area contributed by atoms with Crippen LogP contribution in [0, 0.1) is 6.92 Å². The van der Waals surface area contributed by atoms with Crippen LogP contribution in [0.3, 0.4) is 0 Å². The summed E-state index contributed by atoms with van der Waals surface area (Å²) in [5.41, 5.74) is 6.97. The Bertz CT molecular complexity index is 1730. The predicted molar refractivity (Wildman–Crippen MR) is 169 cm³/mol. The fourth-order valence-corrected chi connectivity index (χ4v) is 4.87. The first-order chi connectivity index (χ1) is 19.5. The average Bonchev–Trinajstić information content (AvgIpc) is 3.61. The minimum atomic E-state index is 0.0552. The first kappa shape index (κ1) is 30.7. The van der Waals surface area contributed by atoms with Gasteiger partial charge in [0.2, 0.25) is 0 Å². The minimum Gasteiger partial charge on any atom is -0.250 e. The molecule has 0 fully saturated rings. The third kappa shape index (κ3) is 6.48. The Morgan fingerprint density at radius 2 is 1.10 bits per heavy atom. The van der Waals surface area contributed by atoms with Crippen LogP contribution in [0.2, 0.25) is 0 Å². The van der Waals surface area contributed by atoms with Gasteiger partial charge in [-0.25, -0.2) is 19.5 Å². The molecule has 6 heterocycles. The SMILES string of the molecule is Cc1cc(C(C)(C)C)n2ncnc2n1.Cn1ncc2c(C(C)(C)C)ccnc21.Cn1ncc2c(C(C)(C)C)ccnc21. The van der Waals surface area contributed by atoms with E-state index in [9.17, 15) is 0 Å². The van der Waals surface area contributed by atoms with E-state index in [2.05, 4.69) is 116 Å². The highest BCUT2D eigenvalue weighted by molar-refractivity contribution is 5.80. The molecule has 0 saturated heterocycles. The van der Waals surface area contributed by atoms with Crippen molar-refractivity contribution in [3.63, 3.8) is 0 Å². The Morgan fingerprint density at radius 1 is 0.619 bits per heavy atom. The molecule has 222 valence electrons. The Labute approximate surface area is 248 Å². The van der Waals surface area contributed by atoms with Crippen LogP contribution >= 0.6 is 0 Å². The molecule has 0 aliphatic carbocycles. The Morgan fingerprint density at radius 3 is 1.52 bits per heavy atom. The summed E-state index contributed by atoms with van der Waals surface area (Å²) < 4.78 is 5.42. The zero-order chi connectivity index (χ0) is 31.0. The highest BCUT2D eigenvalue weighted by Crippen LogP contribution is 2.29. The Hall–Kier alpha value is -4.21. The topological polar surface area (TPSA) is 104 Å². The lowest BCUT2D eigenvalue weighted by Crippen LogP contribution is -2.18. The molecule has 0 aromatic carbocycles. The van der Waals surface area contributed by atoms with Crippen LogP contribution in [0.15, 0.2) is 49.3 Å². The van der Waals surface area contributed by atoms with E-state index in [0.717, 1.165) is 33.5 Å². The zero-order valence-corrected chi connectivity index (χ0v) is 27.1. The molecule has 6 aromatic heterocycles. The van der Waals surface area contributed by atoms with Gasteiger partial charge in [-0.2, -0.15) is 20.3 Å². The van der Waals surface area contributed by atoms with Crippen molar-refractivity contribution in [1.82, 2.24) is 49.1 Å². The quantitative estimate of drug-likeness (QED) is 0.213. The van der Waals surface area contributed by atoms with E-state index < -0.39 is 0 Å². The summed E-state index contributed by atoms with van der Waals surface area (Å²) in [5, 5.41) is 14.9. The monoisotopic (exact) mass is 568 g/mol. The number of hydrogen-bond acceptors (Lipinski definition) is 7. The lowest BCUT2D eigenvalue weighted by molar-refractivity contribution is 0.545. The van der Waals surface area contributed by atoms with Crippen LogP contribution < -0.4 is 0 Å². The van der Waals surface area contributed by atoms with Gasteiger partial charge in [0.1, 0.15) is 6.33 Å². The molecule has 0 aliphatic rings. The normalized spacial score (nSPS) is 12.3. The maximum Gasteiger partial charge on any atom is 0.252 e. The van der Waals surface area contributed by atoms with Crippen molar-refractivity contribution in [1.29, 1.82) is 0 Å². The van der Waals surface area contributed by atoms with Gasteiger partial charge in [0.25, 0.3) is 5.78 Å². The molecule has 0 atom stereocenters. The van der Waals surface area contributed by atoms with E-state index in [1.54, 1.807) is 4.52 Å². The fourth-order valence-electron chi connectivity index (χ4n) is 4.87. The van der Waals surface area contributed by atoms with Crippen LogP contribution in [-0.4, -0.2) is 49.1 Å². The summed E-state index contributed by atoms with van der Waals surface area (Å²) in [5.74, 6) is 0.676. The van der Waals surface area contributed by atoms with Crippen LogP contribution in [0.25, 0.3) is 27.8 Å². The van der Waals surface area contributed by atoms with E-state index in [4.69, 9.17) is 0 Å². The Kier molecular flexibility index (Phi) is 8.22. The van der Waals surface area contributed by atoms with E-state index in [1.807, 2.05) is 55.2 Å². The van der Waals surface area contributed by atoms with E-state index >= 15 is 0 Å². The maximum atomic E-state index is 4.32. The standard InChI is InChI=1S/2C11H15N3.C10H14N4/c2*1-11(2,3)9-5-6-12-10-8(9)7-13-14(10)4;1-7-5-8(10(2,3)4)14-9(13-7)11-6-12-14/h2*5-7H,1-4H3;5-6H,1-4H3. The van der Waals surface area contributed by atoms with Gasteiger partial charge in [-0.1, -0.05) is 62.3 Å². The number of nitrogens with zero attached hydrogens (tertiary/aromatic N) is 10. The van der Waals surface area contributed by atoms with Gasteiger partial charge in [-0.15, -0.1) is 0 Å². The van der Waals surface area contributed by atoms with Gasteiger partial charge < -0.3 is 0 Å². The molecule has 6 aromatic rings. The first-order valence-electron chi connectivity index (χ1n) is 14.2. The van der Waals surface area contributed by atoms with Gasteiger partial charge in [-0.05, 0) is 47.1 Å². The summed E-state index contributed by atoms with van der Waals surface area (Å²) in [6.07, 6.45) is 9.03. The summed E-state index contributed by atoms with van der Waals surface area (Å²) in [4.78, 5) is 17.0. The second-order valence-corrected chi connectivity index (χ2v) is 13.7. The fraction of sp³-hybridized carbons (Fsp3) is 0.469. The first-order valence-corrected chi connectivity index (χ1v) is 14.2. The van der Waals surface area contributed by atoms with Crippen molar-refractivity contribution >= 4 is 27.8 Å². The van der Waals surface area contributed by atoms with E-state index in [0.29, 0.717) is 5.78 Å². The zero-order valence-electron chi connectivity index (χ0n) is 27.1. The molecule has 0 bridgehead atoms. The molecule has 42 heavy (non-hydrogen) atoms. The summed E-state index contributed by atoms with van der Waals surface area (Å²) >= 11 is 0. The summed E-state index contributed by atoms with van der Waals surface area (Å²) in [6.45, 7) is 21.7. The molecule has 10 nitrogen and oxygen atoms in total. The molecule has 0 radical (unpaired) electrons. The van der Waals surface area contributed by atoms with Crippen molar-refractivity contribution < 1.29 is 0 Å². The van der Waals surface area contributed by atoms with Gasteiger partial charge in [0.15, 0.2) is 11.3 Å². The van der Waals surface area contributed by atoms with Crippen LogP contribution in [-0.2, 0) is 30.3 Å². The molecule has 0 spiro atoms. The molecular formula is C32H44N10.